The van der Waals surface area contributed by atoms with Crippen molar-refractivity contribution in [2.75, 3.05) is 23.3 Å². The van der Waals surface area contributed by atoms with Crippen molar-refractivity contribution in [1.29, 1.82) is 0 Å². The van der Waals surface area contributed by atoms with Crippen molar-refractivity contribution in [3.63, 3.8) is 0 Å². The fourth-order valence-electron chi connectivity index (χ4n) is 2.99. The van der Waals surface area contributed by atoms with Gasteiger partial charge in [0.05, 0.1) is 6.20 Å². The van der Waals surface area contributed by atoms with Crippen LogP contribution in [0.25, 0.3) is 11.5 Å². The lowest BCUT2D eigenvalue weighted by atomic mass is 10.1. The second-order valence-corrected chi connectivity index (χ2v) is 6.31. The fourth-order valence-corrected chi connectivity index (χ4v) is 2.99. The van der Waals surface area contributed by atoms with E-state index in [0.29, 0.717) is 11.8 Å². The maximum Gasteiger partial charge on any atom is 0.297 e. The van der Waals surface area contributed by atoms with E-state index in [-0.39, 0.29) is 0 Å². The molecule has 0 radical (unpaired) electrons. The number of rotatable bonds is 4. The largest absolute Gasteiger partial charge is 0.422 e. The summed E-state index contributed by atoms with van der Waals surface area (Å²) in [5.41, 5.74) is 1.91. The Labute approximate surface area is 146 Å². The van der Waals surface area contributed by atoms with Crippen molar-refractivity contribution in [2.45, 2.75) is 26.2 Å². The molecule has 4 rings (SSSR count). The first-order chi connectivity index (χ1) is 12.3. The number of nitrogens with zero attached hydrogens (tertiary/aromatic N) is 4. The monoisotopic (exact) mass is 335 g/mol. The molecule has 6 heteroatoms. The molecular formula is C19H21N5O. The first-order valence-electron chi connectivity index (χ1n) is 8.66. The Morgan fingerprint density at radius 3 is 2.76 bits per heavy atom. The summed E-state index contributed by atoms with van der Waals surface area (Å²) in [5.74, 6) is 2.18. The van der Waals surface area contributed by atoms with Crippen LogP contribution >= 0.6 is 0 Å². The number of aromatic nitrogens is 3. The standard InChI is InChI=1S/C19H21N5O/c1-14-8-9-20-18(12-14)23-17-7-5-6-15(22-17)16-13-21-19(25-16)24-10-3-2-4-11-24/h5-9,12-13H,2-4,10-11H2,1H3,(H,20,22,23). The molecule has 0 unspecified atom stereocenters. The number of piperidine rings is 1. The van der Waals surface area contributed by atoms with Gasteiger partial charge in [0.25, 0.3) is 6.01 Å². The summed E-state index contributed by atoms with van der Waals surface area (Å²) >= 11 is 0. The highest BCUT2D eigenvalue weighted by Crippen LogP contribution is 2.26. The normalized spacial score (nSPS) is 14.5. The predicted molar refractivity (Wildman–Crippen MR) is 98.1 cm³/mol. The van der Waals surface area contributed by atoms with E-state index in [9.17, 15) is 0 Å². The first-order valence-corrected chi connectivity index (χ1v) is 8.66. The van der Waals surface area contributed by atoms with Crippen LogP contribution in [0.3, 0.4) is 0 Å². The smallest absolute Gasteiger partial charge is 0.297 e. The number of aryl methyl sites for hydroxylation is 1. The third-order valence-corrected chi connectivity index (χ3v) is 4.29. The minimum absolute atomic E-state index is 0.682. The molecule has 1 aliphatic heterocycles. The number of hydrogen-bond acceptors (Lipinski definition) is 6. The summed E-state index contributed by atoms with van der Waals surface area (Å²) in [6, 6.07) is 10.4. The highest BCUT2D eigenvalue weighted by atomic mass is 16.4. The van der Waals surface area contributed by atoms with Crippen LogP contribution in [0, 0.1) is 6.92 Å². The average molecular weight is 335 g/mol. The van der Waals surface area contributed by atoms with Gasteiger partial charge in [-0.05, 0) is 56.0 Å². The van der Waals surface area contributed by atoms with Gasteiger partial charge < -0.3 is 14.6 Å². The van der Waals surface area contributed by atoms with Crippen LogP contribution in [0.2, 0.25) is 0 Å². The molecule has 0 aliphatic carbocycles. The quantitative estimate of drug-likeness (QED) is 0.772. The van der Waals surface area contributed by atoms with Crippen molar-refractivity contribution < 1.29 is 4.42 Å². The van der Waals surface area contributed by atoms with Crippen molar-refractivity contribution in [3.05, 3.63) is 48.3 Å². The van der Waals surface area contributed by atoms with E-state index < -0.39 is 0 Å². The summed E-state index contributed by atoms with van der Waals surface area (Å²) in [4.78, 5) is 15.6. The molecule has 4 heterocycles. The van der Waals surface area contributed by atoms with Crippen molar-refractivity contribution in [2.24, 2.45) is 0 Å². The lowest BCUT2D eigenvalue weighted by molar-refractivity contribution is 0.497. The summed E-state index contributed by atoms with van der Waals surface area (Å²) in [7, 11) is 0. The molecule has 0 aromatic carbocycles. The molecule has 3 aromatic rings. The summed E-state index contributed by atoms with van der Waals surface area (Å²) in [6.07, 6.45) is 7.20. The Morgan fingerprint density at radius 1 is 1.04 bits per heavy atom. The maximum absolute atomic E-state index is 5.94. The summed E-state index contributed by atoms with van der Waals surface area (Å²) < 4.78 is 5.94. The van der Waals surface area contributed by atoms with E-state index in [1.54, 1.807) is 12.4 Å². The van der Waals surface area contributed by atoms with Gasteiger partial charge in [0.15, 0.2) is 5.76 Å². The van der Waals surface area contributed by atoms with Crippen molar-refractivity contribution in [1.82, 2.24) is 15.0 Å². The molecule has 1 saturated heterocycles. The Balaban J connectivity index is 1.54. The highest BCUT2D eigenvalue weighted by Gasteiger charge is 2.17. The number of hydrogen-bond donors (Lipinski definition) is 1. The Hall–Kier alpha value is -2.89. The van der Waals surface area contributed by atoms with Gasteiger partial charge in [0.1, 0.15) is 17.3 Å². The molecule has 25 heavy (non-hydrogen) atoms. The molecule has 0 saturated carbocycles. The van der Waals surface area contributed by atoms with Crippen LogP contribution in [0.5, 0.6) is 0 Å². The van der Waals surface area contributed by atoms with Gasteiger partial charge in [-0.1, -0.05) is 6.07 Å². The van der Waals surface area contributed by atoms with Crippen molar-refractivity contribution >= 4 is 17.7 Å². The third kappa shape index (κ3) is 3.63. The van der Waals surface area contributed by atoms with Crippen LogP contribution in [-0.4, -0.2) is 28.0 Å². The van der Waals surface area contributed by atoms with E-state index in [2.05, 4.69) is 25.2 Å². The zero-order valence-electron chi connectivity index (χ0n) is 14.3. The number of pyridine rings is 2. The molecule has 1 fully saturated rings. The van der Waals surface area contributed by atoms with Crippen LogP contribution < -0.4 is 10.2 Å². The van der Waals surface area contributed by atoms with Gasteiger partial charge in [0, 0.05) is 19.3 Å². The first kappa shape index (κ1) is 15.6. The van der Waals surface area contributed by atoms with Gasteiger partial charge in [-0.3, -0.25) is 0 Å². The van der Waals surface area contributed by atoms with Crippen LogP contribution in [-0.2, 0) is 0 Å². The Kier molecular flexibility index (Phi) is 4.33. The number of oxazole rings is 1. The fraction of sp³-hybridized carbons (Fsp3) is 0.316. The van der Waals surface area contributed by atoms with Gasteiger partial charge in [0.2, 0.25) is 0 Å². The SMILES string of the molecule is Cc1ccnc(Nc2cccc(-c3cnc(N4CCCCC4)o3)n2)c1. The lowest BCUT2D eigenvalue weighted by Gasteiger charge is -2.24. The second-order valence-electron chi connectivity index (χ2n) is 6.31. The van der Waals surface area contributed by atoms with Crippen LogP contribution in [0.1, 0.15) is 24.8 Å². The van der Waals surface area contributed by atoms with Gasteiger partial charge in [-0.15, -0.1) is 0 Å². The topological polar surface area (TPSA) is 67.1 Å². The maximum atomic E-state index is 5.94. The number of anilines is 3. The van der Waals surface area contributed by atoms with E-state index in [1.807, 2.05) is 37.3 Å². The second kappa shape index (κ2) is 6.93. The molecule has 6 nitrogen and oxygen atoms in total. The molecule has 3 aromatic heterocycles. The molecular weight excluding hydrogens is 314 g/mol. The summed E-state index contributed by atoms with van der Waals surface area (Å²) in [6.45, 7) is 4.05. The highest BCUT2D eigenvalue weighted by molar-refractivity contribution is 5.59. The zero-order valence-corrected chi connectivity index (χ0v) is 14.3. The molecule has 0 amide bonds. The van der Waals surface area contributed by atoms with Gasteiger partial charge >= 0.3 is 0 Å². The number of nitrogens with one attached hydrogen (secondary N) is 1. The zero-order chi connectivity index (χ0) is 17.1. The third-order valence-electron chi connectivity index (χ3n) is 4.29. The molecule has 0 spiro atoms. The van der Waals surface area contributed by atoms with E-state index in [1.165, 1.54) is 19.3 Å². The van der Waals surface area contributed by atoms with E-state index in [0.717, 1.165) is 36.0 Å². The van der Waals surface area contributed by atoms with Crippen LogP contribution in [0.15, 0.2) is 47.1 Å². The minimum Gasteiger partial charge on any atom is -0.422 e. The van der Waals surface area contributed by atoms with Gasteiger partial charge in [-0.2, -0.15) is 0 Å². The lowest BCUT2D eigenvalue weighted by Crippen LogP contribution is -2.29. The predicted octanol–water partition coefficient (Wildman–Crippen LogP) is 4.17. The molecule has 1 aliphatic rings. The molecule has 0 bridgehead atoms. The molecule has 128 valence electrons. The van der Waals surface area contributed by atoms with E-state index >= 15 is 0 Å². The molecule has 0 atom stereocenters. The summed E-state index contributed by atoms with van der Waals surface area (Å²) in [5, 5.41) is 3.23. The van der Waals surface area contributed by atoms with Gasteiger partial charge in [-0.25, -0.2) is 15.0 Å². The van der Waals surface area contributed by atoms with Crippen molar-refractivity contribution in [3.8, 4) is 11.5 Å². The van der Waals surface area contributed by atoms with Crippen LogP contribution in [0.4, 0.5) is 17.7 Å². The van der Waals surface area contributed by atoms with E-state index in [4.69, 9.17) is 4.42 Å². The average Bonchev–Trinajstić information content (AvgIpc) is 3.13. The minimum atomic E-state index is 0.682. The Bertz CT molecular complexity index is 854. The molecule has 1 N–H and O–H groups in total. The Morgan fingerprint density at radius 2 is 1.92 bits per heavy atom.